The molecule has 0 amide bonds. The van der Waals surface area contributed by atoms with Crippen LogP contribution in [-0.4, -0.2) is 22.9 Å². The molecule has 15 heavy (non-hydrogen) atoms. The fourth-order valence-electron chi connectivity index (χ4n) is 1.04. The molecule has 5 nitrogen and oxygen atoms in total. The van der Waals surface area contributed by atoms with Gasteiger partial charge in [-0.25, -0.2) is 4.79 Å². The van der Waals surface area contributed by atoms with Gasteiger partial charge in [0.1, 0.15) is 11.6 Å². The van der Waals surface area contributed by atoms with E-state index in [0.29, 0.717) is 5.56 Å². The smallest absolute Gasteiger partial charge is 0.348 e. The van der Waals surface area contributed by atoms with Crippen molar-refractivity contribution >= 4 is 12.0 Å². The van der Waals surface area contributed by atoms with Gasteiger partial charge in [-0.1, -0.05) is 0 Å². The molecule has 1 aromatic heterocycles. The summed E-state index contributed by atoms with van der Waals surface area (Å²) in [5, 5.41) is 12.7. The minimum atomic E-state index is -0.637. The van der Waals surface area contributed by atoms with Gasteiger partial charge in [-0.3, -0.25) is 4.68 Å². The summed E-state index contributed by atoms with van der Waals surface area (Å²) in [7, 11) is 1.24. The normalized spacial score (nSPS) is 10.9. The highest BCUT2D eigenvalue weighted by atomic mass is 16.5. The molecule has 0 aromatic carbocycles. The summed E-state index contributed by atoms with van der Waals surface area (Å²) in [4.78, 5) is 11.1. The molecule has 0 N–H and O–H groups in total. The molecule has 78 valence electrons. The zero-order valence-corrected chi connectivity index (χ0v) is 8.60. The molecule has 0 saturated carbocycles. The first-order chi connectivity index (χ1) is 7.21. The van der Waals surface area contributed by atoms with Crippen LogP contribution >= 0.6 is 0 Å². The summed E-state index contributed by atoms with van der Waals surface area (Å²) in [6, 6.07) is 1.78. The summed E-state index contributed by atoms with van der Waals surface area (Å²) in [5.74, 6) is -0.637. The molecule has 0 fully saturated rings. The molecule has 0 aliphatic heterocycles. The summed E-state index contributed by atoms with van der Waals surface area (Å²) in [6.45, 7) is 2.69. The highest BCUT2D eigenvalue weighted by Gasteiger charge is 2.08. The van der Waals surface area contributed by atoms with Crippen molar-refractivity contribution in [3.05, 3.63) is 23.5 Å². The molecule has 0 saturated heterocycles. The van der Waals surface area contributed by atoms with Crippen molar-refractivity contribution in [2.24, 2.45) is 0 Å². The number of esters is 1. The number of rotatable bonds is 3. The molecule has 1 aromatic rings. The minimum Gasteiger partial charge on any atom is -0.465 e. The molecule has 1 heterocycles. The molecule has 0 atom stereocenters. The van der Waals surface area contributed by atoms with E-state index in [1.54, 1.807) is 23.1 Å². The first-order valence-electron chi connectivity index (χ1n) is 4.43. The lowest BCUT2D eigenvalue weighted by atomic mass is 10.2. The van der Waals surface area contributed by atoms with Crippen molar-refractivity contribution in [2.45, 2.75) is 13.5 Å². The van der Waals surface area contributed by atoms with Crippen molar-refractivity contribution in [2.75, 3.05) is 7.11 Å². The largest absolute Gasteiger partial charge is 0.465 e. The van der Waals surface area contributed by atoms with E-state index in [9.17, 15) is 4.79 Å². The first kappa shape index (κ1) is 11.0. The van der Waals surface area contributed by atoms with Gasteiger partial charge in [-0.15, -0.1) is 0 Å². The second-order valence-corrected chi connectivity index (χ2v) is 2.79. The van der Waals surface area contributed by atoms with Crippen molar-refractivity contribution < 1.29 is 9.53 Å². The van der Waals surface area contributed by atoms with E-state index >= 15 is 0 Å². The fourth-order valence-corrected chi connectivity index (χ4v) is 1.04. The van der Waals surface area contributed by atoms with Crippen molar-refractivity contribution in [3.8, 4) is 6.07 Å². The standard InChI is InChI=1S/C10H11N3O2/c1-3-13-7-8(6-12-13)4-9(5-11)10(14)15-2/h4,6-7H,3H2,1-2H3. The van der Waals surface area contributed by atoms with Gasteiger partial charge in [0.05, 0.1) is 13.3 Å². The molecule has 5 heteroatoms. The number of methoxy groups -OCH3 is 1. The SMILES string of the molecule is CCn1cc(C=C(C#N)C(=O)OC)cn1. The summed E-state index contributed by atoms with van der Waals surface area (Å²) in [6.07, 6.45) is 4.79. The second kappa shape index (κ2) is 4.96. The molecule has 0 aliphatic rings. The predicted molar refractivity (Wildman–Crippen MR) is 53.5 cm³/mol. The number of nitriles is 1. The van der Waals surface area contributed by atoms with E-state index in [1.807, 2.05) is 6.92 Å². The summed E-state index contributed by atoms with van der Waals surface area (Å²) >= 11 is 0. The van der Waals surface area contributed by atoms with Gasteiger partial charge in [0.2, 0.25) is 0 Å². The Kier molecular flexibility index (Phi) is 3.63. The quantitative estimate of drug-likeness (QED) is 0.419. The van der Waals surface area contributed by atoms with Crippen molar-refractivity contribution in [3.63, 3.8) is 0 Å². The van der Waals surface area contributed by atoms with Gasteiger partial charge in [0.25, 0.3) is 0 Å². The molecule has 0 spiro atoms. The van der Waals surface area contributed by atoms with Crippen LogP contribution in [0, 0.1) is 11.3 Å². The third kappa shape index (κ3) is 2.68. The molecular formula is C10H11N3O2. The van der Waals surface area contributed by atoms with Gasteiger partial charge in [-0.2, -0.15) is 10.4 Å². The number of carbonyl (C=O) groups is 1. The van der Waals surface area contributed by atoms with Gasteiger partial charge in [0, 0.05) is 18.3 Å². The Morgan fingerprint density at radius 2 is 2.53 bits per heavy atom. The Morgan fingerprint density at radius 3 is 3.00 bits per heavy atom. The van der Waals surface area contributed by atoms with Gasteiger partial charge in [0.15, 0.2) is 0 Å². The predicted octanol–water partition coefficient (Wildman–Crippen LogP) is 0.983. The van der Waals surface area contributed by atoms with Gasteiger partial charge in [-0.05, 0) is 13.0 Å². The number of nitrogens with zero attached hydrogens (tertiary/aromatic N) is 3. The number of aryl methyl sites for hydroxylation is 1. The third-order valence-electron chi connectivity index (χ3n) is 1.81. The second-order valence-electron chi connectivity index (χ2n) is 2.79. The van der Waals surface area contributed by atoms with Crippen LogP contribution in [0.1, 0.15) is 12.5 Å². The number of hydrogen-bond acceptors (Lipinski definition) is 4. The highest BCUT2D eigenvalue weighted by Crippen LogP contribution is 2.06. The van der Waals surface area contributed by atoms with E-state index in [-0.39, 0.29) is 5.57 Å². The van der Waals surface area contributed by atoms with Crippen LogP contribution in [0.3, 0.4) is 0 Å². The van der Waals surface area contributed by atoms with E-state index < -0.39 is 5.97 Å². The lowest BCUT2D eigenvalue weighted by Crippen LogP contribution is -2.02. The Labute approximate surface area is 87.6 Å². The fraction of sp³-hybridized carbons (Fsp3) is 0.300. The Bertz CT molecular complexity index is 426. The van der Waals surface area contributed by atoms with Gasteiger partial charge >= 0.3 is 5.97 Å². The average Bonchev–Trinajstić information content (AvgIpc) is 2.72. The van der Waals surface area contributed by atoms with Crippen LogP contribution in [0.2, 0.25) is 0 Å². The third-order valence-corrected chi connectivity index (χ3v) is 1.81. The number of aromatic nitrogens is 2. The molecule has 0 bridgehead atoms. The van der Waals surface area contributed by atoms with E-state index in [1.165, 1.54) is 13.2 Å². The summed E-state index contributed by atoms with van der Waals surface area (Å²) < 4.78 is 6.16. The molecular weight excluding hydrogens is 194 g/mol. The van der Waals surface area contributed by atoms with Crippen LogP contribution in [-0.2, 0) is 16.1 Å². The average molecular weight is 205 g/mol. The molecule has 1 rings (SSSR count). The zero-order chi connectivity index (χ0) is 11.3. The first-order valence-corrected chi connectivity index (χ1v) is 4.43. The lowest BCUT2D eigenvalue weighted by molar-refractivity contribution is -0.135. The minimum absolute atomic E-state index is 0.0341. The van der Waals surface area contributed by atoms with Gasteiger partial charge < -0.3 is 4.74 Å². The van der Waals surface area contributed by atoms with Crippen LogP contribution in [0.25, 0.3) is 6.08 Å². The van der Waals surface area contributed by atoms with Crippen LogP contribution < -0.4 is 0 Å². The van der Waals surface area contributed by atoms with E-state index in [0.717, 1.165) is 6.54 Å². The van der Waals surface area contributed by atoms with E-state index in [4.69, 9.17) is 5.26 Å². The summed E-state index contributed by atoms with van der Waals surface area (Å²) in [5.41, 5.74) is 0.673. The Balaban J connectivity index is 2.94. The van der Waals surface area contributed by atoms with Crippen LogP contribution in [0.4, 0.5) is 0 Å². The Hall–Kier alpha value is -2.09. The Morgan fingerprint density at radius 1 is 1.80 bits per heavy atom. The molecule has 0 aliphatic carbocycles. The zero-order valence-electron chi connectivity index (χ0n) is 8.60. The monoisotopic (exact) mass is 205 g/mol. The topological polar surface area (TPSA) is 67.9 Å². The maximum atomic E-state index is 11.1. The van der Waals surface area contributed by atoms with Crippen molar-refractivity contribution in [1.29, 1.82) is 5.26 Å². The molecule has 0 unspecified atom stereocenters. The van der Waals surface area contributed by atoms with Crippen LogP contribution in [0.15, 0.2) is 18.0 Å². The van der Waals surface area contributed by atoms with Crippen LogP contribution in [0.5, 0.6) is 0 Å². The number of hydrogen-bond donors (Lipinski definition) is 0. The number of carbonyl (C=O) groups excluding carboxylic acids is 1. The van der Waals surface area contributed by atoms with E-state index in [2.05, 4.69) is 9.84 Å². The lowest BCUT2D eigenvalue weighted by Gasteiger charge is -1.94. The number of ether oxygens (including phenoxy) is 1. The maximum Gasteiger partial charge on any atom is 0.348 e. The van der Waals surface area contributed by atoms with Crippen molar-refractivity contribution in [1.82, 2.24) is 9.78 Å². The molecule has 0 radical (unpaired) electrons. The maximum absolute atomic E-state index is 11.1. The highest BCUT2D eigenvalue weighted by molar-refractivity contribution is 5.97.